The van der Waals surface area contributed by atoms with Crippen LogP contribution in [0.1, 0.15) is 19.8 Å². The number of anilines is 1. The maximum Gasteiger partial charge on any atom is 0.262 e. The number of thioether (sulfide) groups is 1. The van der Waals surface area contributed by atoms with Crippen molar-refractivity contribution in [3.63, 3.8) is 0 Å². The molecular formula is C22H25N3O6S2. The number of benzene rings is 2. The van der Waals surface area contributed by atoms with Crippen LogP contribution in [-0.4, -0.2) is 50.9 Å². The molecule has 9 nitrogen and oxygen atoms in total. The molecule has 0 unspecified atom stereocenters. The molecule has 2 heterocycles. The number of amides is 1. The minimum absolute atomic E-state index is 0.0353. The number of carbonyl (C=O) groups is 1. The van der Waals surface area contributed by atoms with Crippen LogP contribution in [-0.2, 0) is 19.6 Å². The zero-order valence-corrected chi connectivity index (χ0v) is 19.9. The lowest BCUT2D eigenvalue weighted by molar-refractivity contribution is -0.120. The van der Waals surface area contributed by atoms with Gasteiger partial charge in [-0.2, -0.15) is 0 Å². The summed E-state index contributed by atoms with van der Waals surface area (Å²) in [5, 5.41) is 2.74. The number of hydrogen-bond acceptors (Lipinski definition) is 8. The highest BCUT2D eigenvalue weighted by Crippen LogP contribution is 2.30. The lowest BCUT2D eigenvalue weighted by Gasteiger charge is -2.13. The summed E-state index contributed by atoms with van der Waals surface area (Å²) in [5.74, 6) is 0.274. The van der Waals surface area contributed by atoms with Crippen molar-refractivity contribution in [1.29, 1.82) is 0 Å². The van der Waals surface area contributed by atoms with E-state index in [1.165, 1.54) is 31.0 Å². The van der Waals surface area contributed by atoms with Crippen LogP contribution < -0.4 is 14.8 Å². The van der Waals surface area contributed by atoms with Crippen LogP contribution in [0.4, 0.5) is 5.69 Å². The second-order valence-corrected chi connectivity index (χ2v) is 10.5. The predicted molar refractivity (Wildman–Crippen MR) is 125 cm³/mol. The third kappa shape index (κ3) is 5.60. The van der Waals surface area contributed by atoms with Crippen LogP contribution in [0.3, 0.4) is 0 Å². The van der Waals surface area contributed by atoms with E-state index >= 15 is 0 Å². The molecule has 1 amide bonds. The number of hydrogen-bond donors (Lipinski definition) is 2. The monoisotopic (exact) mass is 491 g/mol. The number of carbonyl (C=O) groups excluding carboxylic acids is 1. The van der Waals surface area contributed by atoms with Gasteiger partial charge in [-0.3, -0.25) is 9.52 Å². The number of nitrogens with one attached hydrogen (secondary N) is 2. The van der Waals surface area contributed by atoms with Gasteiger partial charge in [0, 0.05) is 13.2 Å². The minimum Gasteiger partial charge on any atom is -0.495 e. The maximum absolute atomic E-state index is 12.9. The van der Waals surface area contributed by atoms with Crippen LogP contribution in [0.2, 0.25) is 0 Å². The number of nitrogens with zero attached hydrogens (tertiary/aromatic N) is 1. The van der Waals surface area contributed by atoms with Crippen molar-refractivity contribution in [3.05, 3.63) is 42.5 Å². The summed E-state index contributed by atoms with van der Waals surface area (Å²) in [4.78, 5) is 16.8. The van der Waals surface area contributed by atoms with E-state index in [0.29, 0.717) is 29.1 Å². The first-order chi connectivity index (χ1) is 15.9. The summed E-state index contributed by atoms with van der Waals surface area (Å²) in [6.07, 6.45) is 2.03. The Bertz CT molecular complexity index is 1240. The van der Waals surface area contributed by atoms with Crippen molar-refractivity contribution in [3.8, 4) is 5.75 Å². The summed E-state index contributed by atoms with van der Waals surface area (Å²) in [6.45, 7) is 2.98. The molecular weight excluding hydrogens is 466 g/mol. The molecule has 1 aromatic heterocycles. The highest BCUT2D eigenvalue weighted by Gasteiger charge is 2.22. The Kier molecular flexibility index (Phi) is 7.11. The van der Waals surface area contributed by atoms with Gasteiger partial charge < -0.3 is 19.2 Å². The van der Waals surface area contributed by atoms with Crippen molar-refractivity contribution in [1.82, 2.24) is 10.3 Å². The van der Waals surface area contributed by atoms with Gasteiger partial charge in [-0.1, -0.05) is 23.9 Å². The minimum atomic E-state index is -3.87. The van der Waals surface area contributed by atoms with E-state index in [1.54, 1.807) is 37.3 Å². The molecule has 0 bridgehead atoms. The number of rotatable bonds is 9. The molecule has 2 atom stereocenters. The largest absolute Gasteiger partial charge is 0.495 e. The first-order valence-corrected chi connectivity index (χ1v) is 12.8. The van der Waals surface area contributed by atoms with Crippen LogP contribution >= 0.6 is 11.8 Å². The Morgan fingerprint density at radius 1 is 1.30 bits per heavy atom. The molecule has 0 aliphatic carbocycles. The Morgan fingerprint density at radius 3 is 2.88 bits per heavy atom. The average molecular weight is 492 g/mol. The van der Waals surface area contributed by atoms with Crippen molar-refractivity contribution in [2.75, 3.05) is 25.0 Å². The first-order valence-electron chi connectivity index (χ1n) is 10.5. The smallest absolute Gasteiger partial charge is 0.262 e. The Hall–Kier alpha value is -2.76. The number of para-hydroxylation sites is 2. The van der Waals surface area contributed by atoms with Crippen LogP contribution in [0.25, 0.3) is 11.1 Å². The van der Waals surface area contributed by atoms with Gasteiger partial charge in [-0.05, 0) is 50.1 Å². The second-order valence-electron chi connectivity index (χ2n) is 7.56. The van der Waals surface area contributed by atoms with E-state index in [0.717, 1.165) is 19.4 Å². The van der Waals surface area contributed by atoms with Crippen LogP contribution in [0.15, 0.2) is 57.0 Å². The molecule has 176 valence electrons. The molecule has 0 saturated carbocycles. The third-order valence-corrected chi connectivity index (χ3v) is 7.48. The highest BCUT2D eigenvalue weighted by molar-refractivity contribution is 8.00. The molecule has 0 radical (unpaired) electrons. The van der Waals surface area contributed by atoms with E-state index in [4.69, 9.17) is 13.9 Å². The standard InChI is InChI=1S/C22H25N3O6S2/c1-14(21(26)23-13-15-6-5-11-30-15)32-22-24-18-12-16(9-10-20(18)31-22)33(27,28)25-17-7-3-4-8-19(17)29-2/h3-4,7-10,12,14-15,25H,5-6,11,13H2,1-2H3,(H,23,26)/t14-,15-/m1/s1. The van der Waals surface area contributed by atoms with Gasteiger partial charge in [-0.25, -0.2) is 13.4 Å². The molecule has 2 N–H and O–H groups in total. The molecule has 2 aromatic carbocycles. The van der Waals surface area contributed by atoms with E-state index in [-0.39, 0.29) is 22.1 Å². The summed E-state index contributed by atoms with van der Waals surface area (Å²) in [6, 6.07) is 11.2. The van der Waals surface area contributed by atoms with Crippen molar-refractivity contribution in [2.24, 2.45) is 0 Å². The van der Waals surface area contributed by atoms with E-state index in [2.05, 4.69) is 15.0 Å². The lowest BCUT2D eigenvalue weighted by atomic mass is 10.2. The Balaban J connectivity index is 1.44. The molecule has 33 heavy (non-hydrogen) atoms. The van der Waals surface area contributed by atoms with Gasteiger partial charge in [0.15, 0.2) is 5.58 Å². The zero-order valence-electron chi connectivity index (χ0n) is 18.2. The maximum atomic E-state index is 12.9. The Morgan fingerprint density at radius 2 is 2.12 bits per heavy atom. The number of methoxy groups -OCH3 is 1. The van der Waals surface area contributed by atoms with Gasteiger partial charge in [0.2, 0.25) is 5.91 Å². The quantitative estimate of drug-likeness (QED) is 0.437. The summed E-state index contributed by atoms with van der Waals surface area (Å²) in [5.41, 5.74) is 1.15. The fourth-order valence-electron chi connectivity index (χ4n) is 3.40. The number of ether oxygens (including phenoxy) is 2. The first kappa shape index (κ1) is 23.4. The number of aromatic nitrogens is 1. The summed E-state index contributed by atoms with van der Waals surface area (Å²) in [7, 11) is -2.40. The van der Waals surface area contributed by atoms with E-state index < -0.39 is 15.3 Å². The normalized spacial score (nSPS) is 17.1. The van der Waals surface area contributed by atoms with Crippen LogP contribution in [0.5, 0.6) is 5.75 Å². The van der Waals surface area contributed by atoms with E-state index in [1.807, 2.05) is 0 Å². The molecule has 3 aromatic rings. The van der Waals surface area contributed by atoms with Crippen LogP contribution in [0, 0.1) is 0 Å². The van der Waals surface area contributed by atoms with Crippen molar-refractivity contribution in [2.45, 2.75) is 41.2 Å². The predicted octanol–water partition coefficient (Wildman–Crippen LogP) is 3.41. The SMILES string of the molecule is COc1ccccc1NS(=O)(=O)c1ccc2oc(S[C@H](C)C(=O)NC[C@H]3CCCO3)nc2c1. The number of fused-ring (bicyclic) bond motifs is 1. The number of sulfonamides is 1. The molecule has 1 saturated heterocycles. The molecule has 1 aliphatic rings. The fraction of sp³-hybridized carbons (Fsp3) is 0.364. The third-order valence-electron chi connectivity index (χ3n) is 5.18. The molecule has 1 fully saturated rings. The molecule has 4 rings (SSSR count). The van der Waals surface area contributed by atoms with Gasteiger partial charge in [0.25, 0.3) is 15.2 Å². The molecule has 11 heteroatoms. The molecule has 0 spiro atoms. The zero-order chi connectivity index (χ0) is 23.4. The summed E-state index contributed by atoms with van der Waals surface area (Å²) < 4.78 is 44.7. The van der Waals surface area contributed by atoms with Gasteiger partial charge in [0.05, 0.1) is 29.0 Å². The fourth-order valence-corrected chi connectivity index (χ4v) is 5.28. The average Bonchev–Trinajstić information content (AvgIpc) is 3.46. The van der Waals surface area contributed by atoms with Gasteiger partial charge >= 0.3 is 0 Å². The Labute approximate surface area is 196 Å². The molecule has 1 aliphatic heterocycles. The lowest BCUT2D eigenvalue weighted by Crippen LogP contribution is -2.36. The van der Waals surface area contributed by atoms with Crippen molar-refractivity contribution >= 4 is 44.5 Å². The summed E-state index contributed by atoms with van der Waals surface area (Å²) >= 11 is 1.17. The van der Waals surface area contributed by atoms with Gasteiger partial charge in [0.1, 0.15) is 11.3 Å². The second kappa shape index (κ2) is 10.0. The highest BCUT2D eigenvalue weighted by atomic mass is 32.2. The topological polar surface area (TPSA) is 120 Å². The van der Waals surface area contributed by atoms with E-state index in [9.17, 15) is 13.2 Å². The van der Waals surface area contributed by atoms with Gasteiger partial charge in [-0.15, -0.1) is 0 Å². The number of oxazole rings is 1. The van der Waals surface area contributed by atoms with Crippen molar-refractivity contribution < 1.29 is 27.1 Å².